The molecule has 0 saturated heterocycles. The molecule has 0 aliphatic carbocycles. The SMILES string of the molecule is C[As](C)c1c(F)c(F)c(F)c(F)c1F. The quantitative estimate of drug-likeness (QED) is 0.318. The molecule has 78 valence electrons. The van der Waals surface area contributed by atoms with E-state index < -0.39 is 48.1 Å². The van der Waals surface area contributed by atoms with Crippen molar-refractivity contribution < 1.29 is 22.0 Å². The van der Waals surface area contributed by atoms with Gasteiger partial charge in [0.15, 0.2) is 0 Å². The van der Waals surface area contributed by atoms with Crippen LogP contribution < -0.4 is 4.35 Å². The minimum absolute atomic E-state index is 0.631. The van der Waals surface area contributed by atoms with Crippen LogP contribution >= 0.6 is 0 Å². The van der Waals surface area contributed by atoms with Gasteiger partial charge >= 0.3 is 81.5 Å². The van der Waals surface area contributed by atoms with E-state index in [4.69, 9.17) is 0 Å². The molecule has 0 nitrogen and oxygen atoms in total. The maximum absolute atomic E-state index is 13.0. The Morgan fingerprint density at radius 3 is 1.21 bits per heavy atom. The second kappa shape index (κ2) is 3.89. The molecule has 0 amide bonds. The summed E-state index contributed by atoms with van der Waals surface area (Å²) in [5, 5.41) is 0. The van der Waals surface area contributed by atoms with Gasteiger partial charge in [-0.25, -0.2) is 0 Å². The third-order valence-electron chi connectivity index (χ3n) is 1.63. The Morgan fingerprint density at radius 2 is 0.929 bits per heavy atom. The van der Waals surface area contributed by atoms with Gasteiger partial charge in [0.05, 0.1) is 0 Å². The predicted molar refractivity (Wildman–Crippen MR) is 43.3 cm³/mol. The molecule has 0 unspecified atom stereocenters. The molecule has 1 aromatic carbocycles. The fourth-order valence-electron chi connectivity index (χ4n) is 0.986. The van der Waals surface area contributed by atoms with Gasteiger partial charge in [0.2, 0.25) is 0 Å². The number of benzene rings is 1. The topological polar surface area (TPSA) is 0 Å². The molecule has 0 fully saturated rings. The fourth-order valence-corrected chi connectivity index (χ4v) is 3.05. The van der Waals surface area contributed by atoms with Crippen LogP contribution in [0.2, 0.25) is 11.4 Å². The molecular formula is C8H6AsF5. The Kier molecular flexibility index (Phi) is 3.20. The van der Waals surface area contributed by atoms with Crippen molar-refractivity contribution in [2.75, 3.05) is 0 Å². The molecule has 0 aromatic heterocycles. The molecular weight excluding hydrogens is 266 g/mol. The molecule has 14 heavy (non-hydrogen) atoms. The van der Waals surface area contributed by atoms with Gasteiger partial charge in [-0.2, -0.15) is 0 Å². The number of halogens is 5. The van der Waals surface area contributed by atoms with Crippen molar-refractivity contribution >= 4 is 19.0 Å². The molecule has 0 radical (unpaired) electrons. The molecule has 0 saturated carbocycles. The standard InChI is InChI=1S/C8H6AsF5/c1-9(2)3-4(10)6(12)8(14)7(13)5(3)11/h1-2H3. The van der Waals surface area contributed by atoms with E-state index in [1.165, 1.54) is 11.4 Å². The predicted octanol–water partition coefficient (Wildman–Crippen LogP) is 2.34. The van der Waals surface area contributed by atoms with E-state index in [9.17, 15) is 22.0 Å². The van der Waals surface area contributed by atoms with E-state index in [1.807, 2.05) is 0 Å². The van der Waals surface area contributed by atoms with Crippen LogP contribution in [0.5, 0.6) is 0 Å². The van der Waals surface area contributed by atoms with Crippen LogP contribution in [0.15, 0.2) is 0 Å². The Bertz CT molecular complexity index is 345. The van der Waals surface area contributed by atoms with Crippen LogP contribution in [-0.2, 0) is 0 Å². The van der Waals surface area contributed by atoms with Crippen molar-refractivity contribution in [3.63, 3.8) is 0 Å². The third-order valence-corrected chi connectivity index (χ3v) is 4.33. The number of hydrogen-bond acceptors (Lipinski definition) is 0. The zero-order valence-corrected chi connectivity index (χ0v) is 9.21. The van der Waals surface area contributed by atoms with Crippen molar-refractivity contribution in [3.8, 4) is 0 Å². The summed E-state index contributed by atoms with van der Waals surface area (Å²) in [6, 6.07) is 0. The number of rotatable bonds is 1. The Balaban J connectivity index is 3.60. The first-order chi connectivity index (χ1) is 6.37. The van der Waals surface area contributed by atoms with Crippen LogP contribution in [0.4, 0.5) is 22.0 Å². The van der Waals surface area contributed by atoms with Crippen LogP contribution in [-0.4, -0.2) is 14.7 Å². The van der Waals surface area contributed by atoms with Crippen LogP contribution in [0.1, 0.15) is 0 Å². The number of hydrogen-bond donors (Lipinski definition) is 0. The monoisotopic (exact) mass is 272 g/mol. The normalized spacial score (nSPS) is 11.1. The summed E-state index contributed by atoms with van der Waals surface area (Å²) >= 11 is -2.15. The van der Waals surface area contributed by atoms with Crippen molar-refractivity contribution in [2.24, 2.45) is 0 Å². The zero-order valence-electron chi connectivity index (χ0n) is 7.34. The van der Waals surface area contributed by atoms with E-state index in [0.717, 1.165) is 0 Å². The van der Waals surface area contributed by atoms with Crippen LogP contribution in [0, 0.1) is 29.1 Å². The minimum atomic E-state index is -2.15. The van der Waals surface area contributed by atoms with Crippen molar-refractivity contribution in [1.82, 2.24) is 0 Å². The van der Waals surface area contributed by atoms with E-state index >= 15 is 0 Å². The van der Waals surface area contributed by atoms with Gasteiger partial charge < -0.3 is 0 Å². The fraction of sp³-hybridized carbons (Fsp3) is 0.250. The average Bonchev–Trinajstić information content (AvgIpc) is 2.11. The summed E-state index contributed by atoms with van der Waals surface area (Å²) in [5.41, 5.74) is 2.98. The van der Waals surface area contributed by atoms with Gasteiger partial charge in [0, 0.05) is 0 Å². The second-order valence-corrected chi connectivity index (χ2v) is 7.50. The average molecular weight is 272 g/mol. The molecule has 0 spiro atoms. The molecule has 0 heterocycles. The molecule has 0 aliphatic heterocycles. The van der Waals surface area contributed by atoms with E-state index in [2.05, 4.69) is 0 Å². The van der Waals surface area contributed by atoms with E-state index in [-0.39, 0.29) is 0 Å². The van der Waals surface area contributed by atoms with Gasteiger partial charge in [-0.3, -0.25) is 0 Å². The first kappa shape index (κ1) is 11.5. The second-order valence-electron chi connectivity index (χ2n) is 2.81. The van der Waals surface area contributed by atoms with Crippen molar-refractivity contribution in [3.05, 3.63) is 29.1 Å². The van der Waals surface area contributed by atoms with Gasteiger partial charge in [-0.1, -0.05) is 0 Å². The van der Waals surface area contributed by atoms with Crippen molar-refractivity contribution in [1.29, 1.82) is 0 Å². The first-order valence-corrected chi connectivity index (χ1v) is 8.25. The first-order valence-electron chi connectivity index (χ1n) is 3.56. The van der Waals surface area contributed by atoms with Crippen LogP contribution in [0.3, 0.4) is 0 Å². The molecule has 0 N–H and O–H groups in total. The van der Waals surface area contributed by atoms with E-state index in [1.54, 1.807) is 0 Å². The zero-order chi connectivity index (χ0) is 11.0. The summed E-state index contributed by atoms with van der Waals surface area (Å²) in [5.74, 6) is -9.19. The van der Waals surface area contributed by atoms with Crippen LogP contribution in [0.25, 0.3) is 0 Å². The Morgan fingerprint density at radius 1 is 0.643 bits per heavy atom. The van der Waals surface area contributed by atoms with Gasteiger partial charge in [-0.05, 0) is 0 Å². The summed E-state index contributed by atoms with van der Waals surface area (Å²) in [4.78, 5) is 0. The van der Waals surface area contributed by atoms with Crippen molar-refractivity contribution in [2.45, 2.75) is 11.4 Å². The van der Waals surface area contributed by atoms with Gasteiger partial charge in [-0.15, -0.1) is 0 Å². The summed E-state index contributed by atoms with van der Waals surface area (Å²) in [6.07, 6.45) is 0. The summed E-state index contributed by atoms with van der Waals surface area (Å²) in [6.45, 7) is 0. The molecule has 1 rings (SSSR count). The third kappa shape index (κ3) is 1.65. The Hall–Kier alpha value is -0.572. The summed E-state index contributed by atoms with van der Waals surface area (Å²) in [7, 11) is 0. The molecule has 1 aromatic rings. The van der Waals surface area contributed by atoms with Gasteiger partial charge in [0.1, 0.15) is 0 Å². The maximum atomic E-state index is 13.0. The Labute approximate surface area is 82.0 Å². The van der Waals surface area contributed by atoms with Gasteiger partial charge in [0.25, 0.3) is 0 Å². The molecule has 0 aliphatic rings. The molecule has 0 bridgehead atoms. The summed E-state index contributed by atoms with van der Waals surface area (Å²) < 4.78 is 63.1. The molecule has 0 atom stereocenters. The van der Waals surface area contributed by atoms with E-state index in [0.29, 0.717) is 0 Å². The molecule has 6 heteroatoms.